The molecule has 2 aliphatic heterocycles. The molecular formula is C46H86N2O9Si6. The Hall–Kier alpha value is -1.60. The maximum atomic E-state index is 13.2. The summed E-state index contributed by atoms with van der Waals surface area (Å²) in [6.07, 6.45) is 3.59. The van der Waals surface area contributed by atoms with E-state index in [1.165, 1.54) is 19.3 Å². The third kappa shape index (κ3) is 18.2. The van der Waals surface area contributed by atoms with Gasteiger partial charge in [-0.2, -0.15) is 0 Å². The number of hydrogen-bond acceptors (Lipinski definition) is 11. The van der Waals surface area contributed by atoms with Gasteiger partial charge in [-0.25, -0.2) is 0 Å². The average Bonchev–Trinajstić information content (AvgIpc) is 3.14. The Kier molecular flexibility index (Phi) is 19.5. The molecule has 2 aromatic carbocycles. The number of morpholine rings is 1. The lowest BCUT2D eigenvalue weighted by Gasteiger charge is -2.41. The molecule has 2 fully saturated rings. The standard InChI is InChI=1S/C24H45NO5Si3.C22H41NO4Si3/c1-20(33(10,29-31(4,5)6)30-32(7,8)9)19-28-22-13-11-21(12-14-22)23(26)24(2,3)25-15-17-27-18-16-25;1-22(2,23-17-11-10-12-18-23)21(24)19-13-15-20(16-14-19)25-30(9,26-28(3,4)5)27-29(6,7)8/h11-14,20H,15-19H2,1-10H3;13-16H,10-12,17-18H2,1-9H3. The number of ether oxygens (including phenoxy) is 2. The van der Waals surface area contributed by atoms with E-state index in [-0.39, 0.29) is 17.1 Å². The molecule has 0 bridgehead atoms. The third-order valence-corrected chi connectivity index (χ3v) is 29.6. The van der Waals surface area contributed by atoms with E-state index < -0.39 is 61.7 Å². The lowest BCUT2D eigenvalue weighted by molar-refractivity contribution is -0.00430. The highest BCUT2D eigenvalue weighted by molar-refractivity contribution is 6.88. The SMILES string of the molecule is CC(C)(C(=O)c1ccc(O[Si](C)(O[Si](C)(C)C)O[Si](C)(C)C)cc1)N1CCCCC1.CC(COc1ccc(C(=O)C(C)(C)N2CCOCC2)cc1)[Si](C)(O[Si](C)(C)C)O[Si](C)(C)C. The van der Waals surface area contributed by atoms with E-state index in [4.69, 9.17) is 30.4 Å². The average molecular weight is 980 g/mol. The number of hydrogen-bond donors (Lipinski definition) is 0. The molecule has 2 aliphatic rings. The number of carbonyl (C=O) groups is 2. The molecule has 358 valence electrons. The first-order chi connectivity index (χ1) is 28.6. The zero-order chi connectivity index (χ0) is 47.9. The molecule has 0 radical (unpaired) electrons. The molecule has 11 nitrogen and oxygen atoms in total. The topological polar surface area (TPSA) is 105 Å². The van der Waals surface area contributed by atoms with Crippen LogP contribution in [0.25, 0.3) is 0 Å². The van der Waals surface area contributed by atoms with Crippen LogP contribution in [-0.4, -0.2) is 129 Å². The molecule has 17 heteroatoms. The summed E-state index contributed by atoms with van der Waals surface area (Å²) in [7, 11) is -12.5. The molecule has 0 spiro atoms. The Morgan fingerprint density at radius 3 is 1.30 bits per heavy atom. The molecule has 2 aromatic rings. The molecule has 0 aromatic heterocycles. The van der Waals surface area contributed by atoms with Crippen molar-refractivity contribution in [1.82, 2.24) is 9.80 Å². The van der Waals surface area contributed by atoms with E-state index in [1.807, 2.05) is 82.8 Å². The minimum atomic E-state index is -2.84. The second-order valence-corrected chi connectivity index (χ2v) is 47.6. The number of nitrogens with zero attached hydrogens (tertiary/aromatic N) is 2. The highest BCUT2D eigenvalue weighted by Gasteiger charge is 2.47. The summed E-state index contributed by atoms with van der Waals surface area (Å²) in [4.78, 5) is 30.9. The van der Waals surface area contributed by atoms with Gasteiger partial charge in [0.05, 0.1) is 30.9 Å². The van der Waals surface area contributed by atoms with Gasteiger partial charge in [-0.15, -0.1) is 0 Å². The molecule has 0 N–H and O–H groups in total. The van der Waals surface area contributed by atoms with Crippen molar-refractivity contribution in [2.24, 2.45) is 0 Å². The molecule has 2 saturated heterocycles. The van der Waals surface area contributed by atoms with Gasteiger partial charge >= 0.3 is 17.4 Å². The van der Waals surface area contributed by atoms with Crippen LogP contribution in [0.5, 0.6) is 11.5 Å². The van der Waals surface area contributed by atoms with Crippen LogP contribution in [0.2, 0.25) is 97.2 Å². The maximum absolute atomic E-state index is 13.2. The van der Waals surface area contributed by atoms with Gasteiger partial charge in [0, 0.05) is 36.3 Å². The Morgan fingerprint density at radius 2 is 0.921 bits per heavy atom. The van der Waals surface area contributed by atoms with Crippen molar-refractivity contribution in [2.75, 3.05) is 46.0 Å². The first kappa shape index (κ1) is 55.7. The van der Waals surface area contributed by atoms with E-state index in [2.05, 4.69) is 102 Å². The quantitative estimate of drug-likeness (QED) is 0.0935. The first-order valence-electron chi connectivity index (χ1n) is 23.1. The second-order valence-electron chi connectivity index (χ2n) is 22.5. The number of ketones is 2. The van der Waals surface area contributed by atoms with Gasteiger partial charge in [-0.05, 0) is 187 Å². The number of likely N-dealkylation sites (tertiary alicyclic amines) is 1. The lowest BCUT2D eigenvalue weighted by atomic mass is 9.89. The maximum Gasteiger partial charge on any atom is 0.541 e. The number of Topliss-reactive ketones (excluding diaryl/α,β-unsaturated/α-hetero) is 2. The van der Waals surface area contributed by atoms with Crippen molar-refractivity contribution in [2.45, 2.75) is 162 Å². The minimum absolute atomic E-state index is 0.122. The van der Waals surface area contributed by atoms with Crippen LogP contribution in [0.4, 0.5) is 0 Å². The van der Waals surface area contributed by atoms with Crippen molar-refractivity contribution < 1.29 is 39.9 Å². The highest BCUT2D eigenvalue weighted by atomic mass is 28.5. The Labute approximate surface area is 389 Å². The van der Waals surface area contributed by atoms with Crippen molar-refractivity contribution in [3.63, 3.8) is 0 Å². The van der Waals surface area contributed by atoms with Gasteiger partial charge in [-0.1, -0.05) is 13.3 Å². The Balaban J connectivity index is 0.000000337. The highest BCUT2D eigenvalue weighted by Crippen LogP contribution is 2.33. The lowest BCUT2D eigenvalue weighted by Crippen LogP contribution is -2.56. The molecule has 1 atom stereocenters. The molecule has 0 amide bonds. The van der Waals surface area contributed by atoms with E-state index >= 15 is 0 Å². The summed E-state index contributed by atoms with van der Waals surface area (Å²) in [5.74, 6) is 1.75. The van der Waals surface area contributed by atoms with Crippen LogP contribution in [0, 0.1) is 0 Å². The summed E-state index contributed by atoms with van der Waals surface area (Å²) in [6, 6.07) is 15.1. The van der Waals surface area contributed by atoms with Gasteiger partial charge in [0.25, 0.3) is 0 Å². The summed E-state index contributed by atoms with van der Waals surface area (Å²) in [5.41, 5.74) is 0.552. The van der Waals surface area contributed by atoms with Crippen LogP contribution in [-0.2, 0) is 21.2 Å². The van der Waals surface area contributed by atoms with Crippen LogP contribution < -0.4 is 9.16 Å². The fourth-order valence-corrected chi connectivity index (χ4v) is 30.7. The van der Waals surface area contributed by atoms with Crippen LogP contribution >= 0.6 is 0 Å². The zero-order valence-electron chi connectivity index (χ0n) is 42.8. The van der Waals surface area contributed by atoms with Gasteiger partial charge in [0.1, 0.15) is 11.5 Å². The van der Waals surface area contributed by atoms with E-state index in [9.17, 15) is 9.59 Å². The molecule has 1 unspecified atom stereocenters. The van der Waals surface area contributed by atoms with Crippen LogP contribution in [0.15, 0.2) is 48.5 Å². The van der Waals surface area contributed by atoms with Crippen molar-refractivity contribution in [3.05, 3.63) is 59.7 Å². The van der Waals surface area contributed by atoms with Gasteiger partial charge in [0.2, 0.25) is 0 Å². The fourth-order valence-electron chi connectivity index (χ4n) is 8.15. The number of rotatable bonds is 20. The normalized spacial score (nSPS) is 17.4. The smallest absolute Gasteiger partial charge is 0.502 e. The molecule has 0 saturated carbocycles. The van der Waals surface area contributed by atoms with Crippen molar-refractivity contribution in [3.8, 4) is 11.5 Å². The monoisotopic (exact) mass is 978 g/mol. The summed E-state index contributed by atoms with van der Waals surface area (Å²) >= 11 is 0. The molecule has 63 heavy (non-hydrogen) atoms. The minimum Gasteiger partial charge on any atom is -0.502 e. The Bertz CT molecular complexity index is 1730. The summed E-state index contributed by atoms with van der Waals surface area (Å²) in [5, 5.41) is 0. The van der Waals surface area contributed by atoms with Gasteiger partial charge < -0.3 is 30.4 Å². The molecule has 4 rings (SSSR count). The summed E-state index contributed by atoms with van der Waals surface area (Å²) < 4.78 is 44.0. The van der Waals surface area contributed by atoms with Crippen molar-refractivity contribution in [1.29, 1.82) is 0 Å². The molecule has 0 aliphatic carbocycles. The van der Waals surface area contributed by atoms with Gasteiger partial charge in [-0.3, -0.25) is 19.4 Å². The zero-order valence-corrected chi connectivity index (χ0v) is 48.8. The first-order valence-corrected chi connectivity index (χ1v) is 41.4. The number of carbonyl (C=O) groups excluding carboxylic acids is 2. The Morgan fingerprint density at radius 1 is 0.556 bits per heavy atom. The van der Waals surface area contributed by atoms with Gasteiger partial charge in [0.15, 0.2) is 44.8 Å². The van der Waals surface area contributed by atoms with Crippen LogP contribution in [0.1, 0.15) is 74.6 Å². The number of benzene rings is 2. The molecular weight excluding hydrogens is 893 g/mol. The van der Waals surface area contributed by atoms with E-state index in [0.717, 1.165) is 37.5 Å². The van der Waals surface area contributed by atoms with Crippen LogP contribution in [0.3, 0.4) is 0 Å². The third-order valence-electron chi connectivity index (χ3n) is 11.0. The number of piperidine rings is 1. The summed E-state index contributed by atoms with van der Waals surface area (Å²) in [6.45, 7) is 46.0. The van der Waals surface area contributed by atoms with E-state index in [0.29, 0.717) is 31.1 Å². The van der Waals surface area contributed by atoms with Crippen molar-refractivity contribution >= 4 is 62.2 Å². The fraction of sp³-hybridized carbons (Fsp3) is 0.696. The molecule has 2 heterocycles. The second kappa shape index (κ2) is 22.0. The predicted octanol–water partition coefficient (Wildman–Crippen LogP) is 11.3. The van der Waals surface area contributed by atoms with E-state index in [1.54, 1.807) is 0 Å². The largest absolute Gasteiger partial charge is 0.541 e. The predicted molar refractivity (Wildman–Crippen MR) is 274 cm³/mol.